The van der Waals surface area contributed by atoms with Crippen LogP contribution in [0, 0.1) is 0 Å². The van der Waals surface area contributed by atoms with Crippen molar-refractivity contribution < 1.29 is 28.7 Å². The van der Waals surface area contributed by atoms with E-state index in [-0.39, 0.29) is 42.0 Å². The Morgan fingerprint density at radius 3 is 2.53 bits per heavy atom. The fourth-order valence-electron chi connectivity index (χ4n) is 4.06. The third kappa shape index (κ3) is 5.36. The minimum absolute atomic E-state index is 0.0166. The summed E-state index contributed by atoms with van der Waals surface area (Å²) in [4.78, 5) is 56.3. The number of thioether (sulfide) groups is 1. The summed E-state index contributed by atoms with van der Waals surface area (Å²) in [6.45, 7) is 7.82. The summed E-state index contributed by atoms with van der Waals surface area (Å²) in [6.07, 6.45) is -0.0454. The highest BCUT2D eigenvalue weighted by molar-refractivity contribution is 8.00. The zero-order valence-corrected chi connectivity index (χ0v) is 22.3. The molecule has 2 aliphatic heterocycles. The molecule has 3 amide bonds. The number of imide groups is 1. The van der Waals surface area contributed by atoms with Crippen molar-refractivity contribution in [1.29, 1.82) is 0 Å². The quantitative estimate of drug-likeness (QED) is 0.346. The Hall–Kier alpha value is -3.05. The van der Waals surface area contributed by atoms with Crippen LogP contribution in [0.25, 0.3) is 0 Å². The predicted octanol–water partition coefficient (Wildman–Crippen LogP) is 4.22. The van der Waals surface area contributed by atoms with Crippen LogP contribution in [0.4, 0.5) is 15.5 Å². The topological polar surface area (TPSA) is 119 Å². The van der Waals surface area contributed by atoms with Gasteiger partial charge in [0.2, 0.25) is 11.8 Å². The number of hydrogen-bond donors (Lipinski definition) is 1. The van der Waals surface area contributed by atoms with Gasteiger partial charge in [0.15, 0.2) is 0 Å². The van der Waals surface area contributed by atoms with Gasteiger partial charge in [-0.15, -0.1) is 23.1 Å². The second-order valence-corrected chi connectivity index (χ2v) is 11.9. The molecule has 11 heteroatoms. The largest absolute Gasteiger partial charge is 0.462 e. The maximum atomic E-state index is 13.4. The van der Waals surface area contributed by atoms with E-state index in [4.69, 9.17) is 15.2 Å². The van der Waals surface area contributed by atoms with Crippen LogP contribution in [0.3, 0.4) is 0 Å². The third-order valence-electron chi connectivity index (χ3n) is 5.64. The molecule has 4 rings (SSSR count). The van der Waals surface area contributed by atoms with Crippen molar-refractivity contribution in [3.8, 4) is 0 Å². The molecule has 0 aliphatic carbocycles. The smallest absolute Gasteiger partial charge is 0.410 e. The molecule has 192 valence electrons. The van der Waals surface area contributed by atoms with Crippen molar-refractivity contribution >= 4 is 57.7 Å². The number of nitrogens with zero attached hydrogens (tertiary/aromatic N) is 2. The zero-order chi connectivity index (χ0) is 26.2. The average Bonchev–Trinajstić information content (AvgIpc) is 3.30. The lowest BCUT2D eigenvalue weighted by Gasteiger charge is -2.30. The molecule has 3 heterocycles. The van der Waals surface area contributed by atoms with Gasteiger partial charge in [0.1, 0.15) is 10.6 Å². The van der Waals surface area contributed by atoms with E-state index in [0.29, 0.717) is 24.2 Å². The van der Waals surface area contributed by atoms with Crippen molar-refractivity contribution in [2.75, 3.05) is 23.8 Å². The summed E-state index contributed by atoms with van der Waals surface area (Å²) >= 11 is 2.47. The maximum absolute atomic E-state index is 13.4. The molecule has 1 aromatic heterocycles. The van der Waals surface area contributed by atoms with Crippen LogP contribution in [0.15, 0.2) is 29.2 Å². The van der Waals surface area contributed by atoms with Crippen LogP contribution in [-0.2, 0) is 32.0 Å². The first-order valence-corrected chi connectivity index (χ1v) is 13.4. The van der Waals surface area contributed by atoms with Gasteiger partial charge in [-0.1, -0.05) is 0 Å². The predicted molar refractivity (Wildman–Crippen MR) is 138 cm³/mol. The summed E-state index contributed by atoms with van der Waals surface area (Å²) in [5.41, 5.74) is 6.66. The molecule has 1 unspecified atom stereocenters. The van der Waals surface area contributed by atoms with Crippen LogP contribution in [-0.4, -0.2) is 52.8 Å². The average molecular weight is 532 g/mol. The number of carbonyl (C=O) groups excluding carboxylic acids is 4. The van der Waals surface area contributed by atoms with Crippen LogP contribution >= 0.6 is 23.1 Å². The van der Waals surface area contributed by atoms with E-state index in [9.17, 15) is 19.2 Å². The molecule has 0 bridgehead atoms. The number of rotatable bonds is 5. The van der Waals surface area contributed by atoms with E-state index in [1.54, 1.807) is 56.9 Å². The second-order valence-electron chi connectivity index (χ2n) is 9.50. The summed E-state index contributed by atoms with van der Waals surface area (Å²) in [7, 11) is 0. The molecule has 0 radical (unpaired) electrons. The molecule has 0 spiro atoms. The Kier molecular flexibility index (Phi) is 7.33. The molecule has 2 N–H and O–H groups in total. The molecule has 2 aliphatic rings. The Labute approximate surface area is 217 Å². The number of esters is 1. The number of thiophene rings is 1. The Bertz CT molecular complexity index is 1200. The summed E-state index contributed by atoms with van der Waals surface area (Å²) < 4.78 is 10.8. The minimum Gasteiger partial charge on any atom is -0.462 e. The number of carbonyl (C=O) groups is 4. The summed E-state index contributed by atoms with van der Waals surface area (Å²) in [5, 5.41) is -0.353. The summed E-state index contributed by atoms with van der Waals surface area (Å²) in [6, 6.07) is 7.09. The second kappa shape index (κ2) is 10.1. The van der Waals surface area contributed by atoms with Crippen molar-refractivity contribution in [1.82, 2.24) is 4.90 Å². The fraction of sp³-hybridized carbons (Fsp3) is 0.440. The van der Waals surface area contributed by atoms with Crippen LogP contribution < -0.4 is 10.6 Å². The van der Waals surface area contributed by atoms with Gasteiger partial charge < -0.3 is 20.1 Å². The number of hydrogen-bond acceptors (Lipinski definition) is 9. The first-order valence-electron chi connectivity index (χ1n) is 11.7. The van der Waals surface area contributed by atoms with Gasteiger partial charge in [-0.3, -0.25) is 9.59 Å². The van der Waals surface area contributed by atoms with Gasteiger partial charge in [0, 0.05) is 28.4 Å². The number of ether oxygens (including phenoxy) is 2. The number of amides is 3. The normalized spacial score (nSPS) is 17.8. The Balaban J connectivity index is 1.64. The van der Waals surface area contributed by atoms with Gasteiger partial charge >= 0.3 is 12.1 Å². The zero-order valence-electron chi connectivity index (χ0n) is 20.7. The molecule has 1 fully saturated rings. The van der Waals surface area contributed by atoms with Gasteiger partial charge in [-0.05, 0) is 63.9 Å². The highest BCUT2D eigenvalue weighted by Crippen LogP contribution is 2.43. The van der Waals surface area contributed by atoms with E-state index >= 15 is 0 Å². The third-order valence-corrected chi connectivity index (χ3v) is 8.04. The Morgan fingerprint density at radius 2 is 1.89 bits per heavy atom. The number of nitrogen functional groups attached to an aromatic ring is 1. The number of nitrogens with two attached hydrogens (primary N) is 1. The molecular formula is C25H29N3O6S2. The fourth-order valence-corrected chi connectivity index (χ4v) is 6.49. The van der Waals surface area contributed by atoms with E-state index < -0.39 is 22.9 Å². The molecule has 1 saturated heterocycles. The SMILES string of the molecule is CCOC(=O)c1c(N2C(=O)CC(Sc3ccc(N)cc3)C2=O)sc2c1CCN(C(=O)OC(C)(C)C)C2. The van der Waals surface area contributed by atoms with Gasteiger partial charge in [0.25, 0.3) is 0 Å². The molecule has 36 heavy (non-hydrogen) atoms. The first kappa shape index (κ1) is 26.0. The number of benzene rings is 1. The highest BCUT2D eigenvalue weighted by atomic mass is 32.2. The van der Waals surface area contributed by atoms with Crippen LogP contribution in [0.5, 0.6) is 0 Å². The first-order chi connectivity index (χ1) is 17.0. The van der Waals surface area contributed by atoms with Crippen LogP contribution in [0.1, 0.15) is 54.9 Å². The van der Waals surface area contributed by atoms with E-state index in [0.717, 1.165) is 14.7 Å². The maximum Gasteiger partial charge on any atom is 0.410 e. The molecule has 1 atom stereocenters. The molecule has 1 aromatic carbocycles. The van der Waals surface area contributed by atoms with Crippen LogP contribution in [0.2, 0.25) is 0 Å². The minimum atomic E-state index is -0.639. The van der Waals surface area contributed by atoms with Crippen molar-refractivity contribution in [3.63, 3.8) is 0 Å². The molecule has 0 saturated carbocycles. The van der Waals surface area contributed by atoms with Gasteiger partial charge in [-0.2, -0.15) is 0 Å². The Morgan fingerprint density at radius 1 is 1.19 bits per heavy atom. The molecule has 9 nitrogen and oxygen atoms in total. The monoisotopic (exact) mass is 531 g/mol. The summed E-state index contributed by atoms with van der Waals surface area (Å²) in [5.74, 6) is -1.33. The molecule has 2 aromatic rings. The van der Waals surface area contributed by atoms with Crippen molar-refractivity contribution in [2.45, 2.75) is 62.8 Å². The highest BCUT2D eigenvalue weighted by Gasteiger charge is 2.44. The van der Waals surface area contributed by atoms with Gasteiger partial charge in [0.05, 0.1) is 24.0 Å². The van der Waals surface area contributed by atoms with E-state index in [1.165, 1.54) is 23.1 Å². The van der Waals surface area contributed by atoms with Crippen molar-refractivity contribution in [3.05, 3.63) is 40.3 Å². The lowest BCUT2D eigenvalue weighted by molar-refractivity contribution is -0.121. The standard InChI is InChI=1S/C25H29N3O6S2/c1-5-33-23(31)20-16-10-11-27(24(32)34-25(2,3)4)13-18(16)36-22(20)28-19(29)12-17(21(28)30)35-15-8-6-14(26)7-9-15/h6-9,17H,5,10-13,26H2,1-4H3. The number of fused-ring (bicyclic) bond motifs is 1. The molecular weight excluding hydrogens is 502 g/mol. The lowest BCUT2D eigenvalue weighted by Crippen LogP contribution is -2.39. The lowest BCUT2D eigenvalue weighted by atomic mass is 10.0. The number of anilines is 2. The van der Waals surface area contributed by atoms with E-state index in [2.05, 4.69) is 0 Å². The van der Waals surface area contributed by atoms with Gasteiger partial charge in [-0.25, -0.2) is 14.5 Å². The van der Waals surface area contributed by atoms with E-state index in [1.807, 2.05) is 0 Å². The van der Waals surface area contributed by atoms with Crippen molar-refractivity contribution in [2.24, 2.45) is 0 Å².